The molecule has 2 aromatic heterocycles. The van der Waals surface area contributed by atoms with Gasteiger partial charge in [0.1, 0.15) is 6.54 Å². The van der Waals surface area contributed by atoms with Crippen molar-refractivity contribution in [2.24, 2.45) is 0 Å². The van der Waals surface area contributed by atoms with Crippen molar-refractivity contribution in [2.75, 3.05) is 5.32 Å². The third-order valence-electron chi connectivity index (χ3n) is 5.05. The Morgan fingerprint density at radius 2 is 1.87 bits per heavy atom. The molecule has 5 nitrogen and oxygen atoms in total. The number of aryl methyl sites for hydroxylation is 1. The molecule has 0 saturated carbocycles. The molecule has 1 N–H and O–H groups in total. The molecule has 158 valence electrons. The Hall–Kier alpha value is -3.32. The minimum Gasteiger partial charge on any atom is -0.324 e. The summed E-state index contributed by atoms with van der Waals surface area (Å²) < 4.78 is 29.1. The molecule has 0 aliphatic carbocycles. The molecule has 0 aliphatic heterocycles. The number of pyridine rings is 1. The number of amides is 1. The minimum atomic E-state index is -2.70. The molecule has 0 atom stereocenters. The van der Waals surface area contributed by atoms with Gasteiger partial charge in [-0.25, -0.2) is 18.4 Å². The van der Waals surface area contributed by atoms with Crippen molar-refractivity contribution >= 4 is 34.2 Å². The standard InChI is InChI=1S/C23H19ClF2N4O/c1-13-17(24)9-6-10-18(13)27-20(31)12-30-23-21(14(2)29-30)16(22(25)26)11-19(28-23)15-7-4-3-5-8-15/h3-11,22H,12H2,1-2H3,(H,27,31). The molecule has 0 spiro atoms. The summed E-state index contributed by atoms with van der Waals surface area (Å²) in [4.78, 5) is 17.2. The number of carbonyl (C=O) groups excluding carboxylic acids is 1. The molecular weight excluding hydrogens is 422 g/mol. The number of halogens is 3. The maximum Gasteiger partial charge on any atom is 0.264 e. The van der Waals surface area contributed by atoms with Crippen molar-refractivity contribution in [1.29, 1.82) is 0 Å². The van der Waals surface area contributed by atoms with Gasteiger partial charge in [-0.05, 0) is 37.6 Å². The number of alkyl halides is 2. The van der Waals surface area contributed by atoms with Crippen LogP contribution in [0.4, 0.5) is 14.5 Å². The van der Waals surface area contributed by atoms with Gasteiger partial charge in [-0.15, -0.1) is 0 Å². The van der Waals surface area contributed by atoms with E-state index in [4.69, 9.17) is 11.6 Å². The number of benzene rings is 2. The Morgan fingerprint density at radius 1 is 1.13 bits per heavy atom. The van der Waals surface area contributed by atoms with Gasteiger partial charge in [0, 0.05) is 21.8 Å². The van der Waals surface area contributed by atoms with E-state index in [-0.39, 0.29) is 29.0 Å². The molecule has 2 aromatic carbocycles. The average Bonchev–Trinajstić information content (AvgIpc) is 3.06. The third-order valence-corrected chi connectivity index (χ3v) is 5.46. The molecule has 1 amide bonds. The van der Waals surface area contributed by atoms with Gasteiger partial charge in [0.15, 0.2) is 5.65 Å². The van der Waals surface area contributed by atoms with E-state index >= 15 is 0 Å². The highest BCUT2D eigenvalue weighted by atomic mass is 35.5. The molecule has 0 fully saturated rings. The summed E-state index contributed by atoms with van der Waals surface area (Å²) in [7, 11) is 0. The quantitative estimate of drug-likeness (QED) is 0.417. The van der Waals surface area contributed by atoms with Gasteiger partial charge in [-0.2, -0.15) is 5.10 Å². The van der Waals surface area contributed by atoms with E-state index in [0.717, 1.165) is 5.56 Å². The first-order valence-electron chi connectivity index (χ1n) is 9.61. The maximum atomic E-state index is 13.9. The third kappa shape index (κ3) is 4.14. The molecule has 0 radical (unpaired) electrons. The molecule has 31 heavy (non-hydrogen) atoms. The lowest BCUT2D eigenvalue weighted by molar-refractivity contribution is -0.116. The SMILES string of the molecule is Cc1c(Cl)cccc1NC(=O)Cn1nc(C)c2c(C(F)F)cc(-c3ccccc3)nc21. The van der Waals surface area contributed by atoms with Crippen LogP contribution in [0, 0.1) is 13.8 Å². The van der Waals surface area contributed by atoms with Crippen LogP contribution >= 0.6 is 11.6 Å². The fourth-order valence-corrected chi connectivity index (χ4v) is 3.67. The molecule has 8 heteroatoms. The van der Waals surface area contributed by atoms with Gasteiger partial charge in [0.2, 0.25) is 5.91 Å². The van der Waals surface area contributed by atoms with Gasteiger partial charge < -0.3 is 5.32 Å². The molecule has 0 bridgehead atoms. The summed E-state index contributed by atoms with van der Waals surface area (Å²) in [5.41, 5.74) is 2.90. The summed E-state index contributed by atoms with van der Waals surface area (Å²) in [6, 6.07) is 15.7. The van der Waals surface area contributed by atoms with E-state index in [1.54, 1.807) is 44.2 Å². The van der Waals surface area contributed by atoms with Crippen LogP contribution < -0.4 is 5.32 Å². The van der Waals surface area contributed by atoms with E-state index < -0.39 is 6.43 Å². The van der Waals surface area contributed by atoms with Crippen molar-refractivity contribution < 1.29 is 13.6 Å². The lowest BCUT2D eigenvalue weighted by Gasteiger charge is -2.11. The van der Waals surface area contributed by atoms with Gasteiger partial charge in [-0.3, -0.25) is 4.79 Å². The number of nitrogens with zero attached hydrogens (tertiary/aromatic N) is 3. The van der Waals surface area contributed by atoms with E-state index in [1.165, 1.54) is 10.7 Å². The van der Waals surface area contributed by atoms with Crippen LogP contribution in [-0.2, 0) is 11.3 Å². The second kappa shape index (κ2) is 8.43. The highest BCUT2D eigenvalue weighted by Crippen LogP contribution is 2.33. The molecule has 4 aromatic rings. The highest BCUT2D eigenvalue weighted by molar-refractivity contribution is 6.31. The van der Waals surface area contributed by atoms with Crippen molar-refractivity contribution in [1.82, 2.24) is 14.8 Å². The summed E-state index contributed by atoms with van der Waals surface area (Å²) in [6.45, 7) is 3.26. The van der Waals surface area contributed by atoms with Crippen LogP contribution in [0.3, 0.4) is 0 Å². The van der Waals surface area contributed by atoms with Crippen molar-refractivity contribution in [3.05, 3.63) is 76.4 Å². The lowest BCUT2D eigenvalue weighted by Crippen LogP contribution is -2.20. The molecule has 2 heterocycles. The van der Waals surface area contributed by atoms with E-state index in [0.29, 0.717) is 27.7 Å². The molecule has 0 aliphatic rings. The second-order valence-corrected chi connectivity index (χ2v) is 7.57. The Morgan fingerprint density at radius 3 is 2.58 bits per heavy atom. The van der Waals surface area contributed by atoms with Crippen LogP contribution in [0.2, 0.25) is 5.02 Å². The first-order chi connectivity index (χ1) is 14.8. The van der Waals surface area contributed by atoms with Crippen molar-refractivity contribution in [3.8, 4) is 11.3 Å². The van der Waals surface area contributed by atoms with Crippen LogP contribution in [0.5, 0.6) is 0 Å². The normalized spacial score (nSPS) is 11.3. The Kier molecular flexibility index (Phi) is 5.69. The van der Waals surface area contributed by atoms with Gasteiger partial charge >= 0.3 is 0 Å². The number of hydrogen-bond acceptors (Lipinski definition) is 3. The Bertz CT molecular complexity index is 1270. The summed E-state index contributed by atoms with van der Waals surface area (Å²) >= 11 is 6.11. The second-order valence-electron chi connectivity index (χ2n) is 7.17. The number of carbonyl (C=O) groups is 1. The minimum absolute atomic E-state index is 0.154. The molecule has 0 unspecified atom stereocenters. The van der Waals surface area contributed by atoms with Crippen LogP contribution in [0.25, 0.3) is 22.3 Å². The van der Waals surface area contributed by atoms with Crippen molar-refractivity contribution in [2.45, 2.75) is 26.8 Å². The topological polar surface area (TPSA) is 59.8 Å². The molecular formula is C23H19ClF2N4O. The summed E-state index contributed by atoms with van der Waals surface area (Å²) in [5.74, 6) is -0.361. The zero-order valence-electron chi connectivity index (χ0n) is 16.9. The monoisotopic (exact) mass is 440 g/mol. The number of nitrogens with one attached hydrogen (secondary N) is 1. The molecule has 4 rings (SSSR count). The lowest BCUT2D eigenvalue weighted by atomic mass is 10.1. The largest absolute Gasteiger partial charge is 0.324 e. The van der Waals surface area contributed by atoms with Gasteiger partial charge in [0.05, 0.1) is 16.8 Å². The smallest absolute Gasteiger partial charge is 0.264 e. The predicted octanol–water partition coefficient (Wildman–Crippen LogP) is 5.94. The Balaban J connectivity index is 1.75. The summed E-state index contributed by atoms with van der Waals surface area (Å²) in [6.07, 6.45) is -2.70. The number of hydrogen-bond donors (Lipinski definition) is 1. The predicted molar refractivity (Wildman–Crippen MR) is 117 cm³/mol. The van der Waals surface area contributed by atoms with E-state index in [9.17, 15) is 13.6 Å². The first-order valence-corrected chi connectivity index (χ1v) is 9.99. The zero-order chi connectivity index (χ0) is 22.1. The Labute approximate surface area is 182 Å². The van der Waals surface area contributed by atoms with Gasteiger partial charge in [-0.1, -0.05) is 48.0 Å². The maximum absolute atomic E-state index is 13.9. The zero-order valence-corrected chi connectivity index (χ0v) is 17.6. The van der Waals surface area contributed by atoms with Gasteiger partial charge in [0.25, 0.3) is 6.43 Å². The van der Waals surface area contributed by atoms with Crippen LogP contribution in [-0.4, -0.2) is 20.7 Å². The number of anilines is 1. The van der Waals surface area contributed by atoms with Crippen molar-refractivity contribution in [3.63, 3.8) is 0 Å². The fourth-order valence-electron chi connectivity index (χ4n) is 3.49. The van der Waals surface area contributed by atoms with Crippen LogP contribution in [0.15, 0.2) is 54.6 Å². The van der Waals surface area contributed by atoms with E-state index in [1.807, 2.05) is 18.2 Å². The number of rotatable bonds is 5. The number of aromatic nitrogens is 3. The van der Waals surface area contributed by atoms with E-state index in [2.05, 4.69) is 15.4 Å². The highest BCUT2D eigenvalue weighted by Gasteiger charge is 2.22. The summed E-state index contributed by atoms with van der Waals surface area (Å²) in [5, 5.41) is 7.92. The van der Waals surface area contributed by atoms with Crippen LogP contribution in [0.1, 0.15) is 23.2 Å². The average molecular weight is 441 g/mol. The fraction of sp³-hybridized carbons (Fsp3) is 0.174. The number of fused-ring (bicyclic) bond motifs is 1. The molecule has 0 saturated heterocycles. The first kappa shape index (κ1) is 20.9.